The van der Waals surface area contributed by atoms with Crippen molar-refractivity contribution in [1.82, 2.24) is 10.2 Å². The molecule has 1 aliphatic rings. The number of likely N-dealkylation sites (tertiary alicyclic amines) is 1. The van der Waals surface area contributed by atoms with Crippen molar-refractivity contribution in [3.63, 3.8) is 0 Å². The van der Waals surface area contributed by atoms with E-state index < -0.39 is 28.6 Å². The first kappa shape index (κ1) is 19.2. The highest BCUT2D eigenvalue weighted by molar-refractivity contribution is 5.85. The largest absolute Gasteiger partial charge is 0.479 e. The van der Waals surface area contributed by atoms with Crippen molar-refractivity contribution in [2.24, 2.45) is 0 Å². The number of nitro groups is 1. The van der Waals surface area contributed by atoms with Crippen molar-refractivity contribution >= 4 is 23.7 Å². The number of non-ortho nitro benzene ring substituents is 1. The topological polar surface area (TPSA) is 150 Å². The first-order chi connectivity index (χ1) is 12.2. The molecule has 0 bridgehead atoms. The van der Waals surface area contributed by atoms with Crippen molar-refractivity contribution < 1.29 is 29.5 Å². The summed E-state index contributed by atoms with van der Waals surface area (Å²) in [5, 5.41) is 32.7. The van der Waals surface area contributed by atoms with Crippen LogP contribution in [0.1, 0.15) is 25.3 Å². The second kappa shape index (κ2) is 7.38. The van der Waals surface area contributed by atoms with Gasteiger partial charge in [-0.05, 0) is 18.4 Å². The van der Waals surface area contributed by atoms with Crippen LogP contribution in [0.5, 0.6) is 0 Å². The Labute approximate surface area is 148 Å². The molecule has 1 aliphatic heterocycles. The molecule has 1 fully saturated rings. The Kier molecular flexibility index (Phi) is 5.44. The summed E-state index contributed by atoms with van der Waals surface area (Å²) in [5.41, 5.74) is -1.36. The van der Waals surface area contributed by atoms with E-state index in [1.807, 2.05) is 0 Å². The molecule has 0 unspecified atom stereocenters. The third-order valence-corrected chi connectivity index (χ3v) is 4.51. The molecule has 0 spiro atoms. The van der Waals surface area contributed by atoms with Gasteiger partial charge in [-0.25, -0.2) is 9.59 Å². The van der Waals surface area contributed by atoms with E-state index in [2.05, 4.69) is 5.32 Å². The van der Waals surface area contributed by atoms with Crippen LogP contribution in [0.25, 0.3) is 0 Å². The minimum atomic E-state index is -1.70. The van der Waals surface area contributed by atoms with Crippen molar-refractivity contribution in [3.05, 3.63) is 39.9 Å². The Hall–Kier alpha value is -3.17. The number of nitrogens with one attached hydrogen (secondary N) is 1. The second-order valence-electron chi connectivity index (χ2n) is 6.27. The van der Waals surface area contributed by atoms with Crippen LogP contribution >= 0.6 is 0 Å². The zero-order chi connectivity index (χ0) is 19.5. The molecule has 1 saturated heterocycles. The molecule has 1 heterocycles. The number of carbonyl (C=O) groups excluding carboxylic acids is 1. The number of amides is 2. The van der Waals surface area contributed by atoms with E-state index in [-0.39, 0.29) is 31.0 Å². The Bertz CT molecular complexity index is 734. The lowest BCUT2D eigenvalue weighted by Gasteiger charge is -2.45. The summed E-state index contributed by atoms with van der Waals surface area (Å²) in [6.45, 7) is 1.16. The SMILES string of the molecule is CC(=O)N[C@@H]1CC[C@@](Cc2ccc([N+](=O)[O-])cc2)(C(=O)O)N(C(=O)O)C1. The molecule has 0 aliphatic carbocycles. The van der Waals surface area contributed by atoms with Crippen LogP contribution in [-0.4, -0.2) is 56.1 Å². The molecule has 0 radical (unpaired) electrons. The van der Waals surface area contributed by atoms with Crippen LogP contribution in [0, 0.1) is 10.1 Å². The van der Waals surface area contributed by atoms with Crippen LogP contribution in [-0.2, 0) is 16.0 Å². The monoisotopic (exact) mass is 365 g/mol. The Balaban J connectivity index is 2.31. The van der Waals surface area contributed by atoms with Crippen molar-refractivity contribution in [2.75, 3.05) is 6.54 Å². The lowest BCUT2D eigenvalue weighted by molar-refractivity contribution is -0.384. The number of carboxylic acid groups (broad SMARTS) is 2. The third kappa shape index (κ3) is 3.90. The lowest BCUT2D eigenvalue weighted by atomic mass is 9.80. The summed E-state index contributed by atoms with van der Waals surface area (Å²) in [6, 6.07) is 4.87. The minimum Gasteiger partial charge on any atom is -0.479 e. The van der Waals surface area contributed by atoms with Gasteiger partial charge >= 0.3 is 12.1 Å². The summed E-state index contributed by atoms with van der Waals surface area (Å²) < 4.78 is 0. The van der Waals surface area contributed by atoms with Gasteiger partial charge in [-0.2, -0.15) is 0 Å². The van der Waals surface area contributed by atoms with Crippen LogP contribution in [0.2, 0.25) is 0 Å². The Morgan fingerprint density at radius 1 is 1.31 bits per heavy atom. The molecule has 1 aromatic rings. The van der Waals surface area contributed by atoms with E-state index in [4.69, 9.17) is 0 Å². The van der Waals surface area contributed by atoms with E-state index in [1.165, 1.54) is 31.2 Å². The van der Waals surface area contributed by atoms with E-state index in [1.54, 1.807) is 0 Å². The van der Waals surface area contributed by atoms with Gasteiger partial charge in [0.05, 0.1) is 4.92 Å². The number of piperidine rings is 1. The highest BCUT2D eigenvalue weighted by Gasteiger charge is 2.50. The summed E-state index contributed by atoms with van der Waals surface area (Å²) in [6.07, 6.45) is -1.21. The first-order valence-corrected chi connectivity index (χ1v) is 7.90. The average molecular weight is 365 g/mol. The quantitative estimate of drug-likeness (QED) is 0.524. The van der Waals surface area contributed by atoms with Gasteiger partial charge in [-0.15, -0.1) is 0 Å². The van der Waals surface area contributed by atoms with Crippen LogP contribution in [0.15, 0.2) is 24.3 Å². The Morgan fingerprint density at radius 2 is 1.92 bits per heavy atom. The number of hydrogen-bond acceptors (Lipinski definition) is 5. The van der Waals surface area contributed by atoms with Crippen LogP contribution < -0.4 is 5.32 Å². The predicted molar refractivity (Wildman–Crippen MR) is 88.7 cm³/mol. The van der Waals surface area contributed by atoms with Crippen molar-refractivity contribution in [1.29, 1.82) is 0 Å². The molecule has 2 amide bonds. The van der Waals surface area contributed by atoms with Gasteiger partial charge in [0.25, 0.3) is 5.69 Å². The highest BCUT2D eigenvalue weighted by atomic mass is 16.6. The molecule has 10 heteroatoms. The van der Waals surface area contributed by atoms with Crippen molar-refractivity contribution in [2.45, 2.75) is 37.8 Å². The summed E-state index contributed by atoms with van der Waals surface area (Å²) >= 11 is 0. The maximum absolute atomic E-state index is 12.0. The highest BCUT2D eigenvalue weighted by Crippen LogP contribution is 2.33. The van der Waals surface area contributed by atoms with Gasteiger partial charge in [-0.3, -0.25) is 19.8 Å². The lowest BCUT2D eigenvalue weighted by Crippen LogP contribution is -2.65. The number of aliphatic carboxylic acids is 1. The van der Waals surface area contributed by atoms with E-state index in [0.29, 0.717) is 12.0 Å². The smallest absolute Gasteiger partial charge is 0.408 e. The summed E-state index contributed by atoms with van der Waals surface area (Å²) in [5.74, 6) is -1.61. The molecule has 2 rings (SSSR count). The number of nitrogens with zero attached hydrogens (tertiary/aromatic N) is 2. The number of rotatable bonds is 5. The van der Waals surface area contributed by atoms with E-state index in [0.717, 1.165) is 4.90 Å². The maximum Gasteiger partial charge on any atom is 0.408 e. The average Bonchev–Trinajstić information content (AvgIpc) is 2.55. The normalized spacial score (nSPS) is 22.5. The number of nitro benzene ring substituents is 1. The van der Waals surface area contributed by atoms with Gasteiger partial charge in [-0.1, -0.05) is 12.1 Å². The molecular weight excluding hydrogens is 346 g/mol. The molecule has 140 valence electrons. The molecule has 3 N–H and O–H groups in total. The predicted octanol–water partition coefficient (Wildman–Crippen LogP) is 1.24. The van der Waals surface area contributed by atoms with Crippen LogP contribution in [0.4, 0.5) is 10.5 Å². The molecule has 10 nitrogen and oxygen atoms in total. The van der Waals surface area contributed by atoms with Gasteiger partial charge < -0.3 is 15.5 Å². The molecule has 0 aromatic heterocycles. The van der Waals surface area contributed by atoms with Crippen LogP contribution in [0.3, 0.4) is 0 Å². The van der Waals surface area contributed by atoms with Gasteiger partial charge in [0.15, 0.2) is 0 Å². The summed E-state index contributed by atoms with van der Waals surface area (Å²) in [4.78, 5) is 45.9. The Morgan fingerprint density at radius 3 is 2.38 bits per heavy atom. The first-order valence-electron chi connectivity index (χ1n) is 7.90. The fraction of sp³-hybridized carbons (Fsp3) is 0.438. The zero-order valence-electron chi connectivity index (χ0n) is 14.0. The third-order valence-electron chi connectivity index (χ3n) is 4.51. The van der Waals surface area contributed by atoms with E-state index in [9.17, 15) is 34.7 Å². The number of carbonyl (C=O) groups is 3. The zero-order valence-corrected chi connectivity index (χ0v) is 14.0. The van der Waals surface area contributed by atoms with Gasteiger partial charge in [0.2, 0.25) is 5.91 Å². The fourth-order valence-electron chi connectivity index (χ4n) is 3.26. The van der Waals surface area contributed by atoms with Crippen molar-refractivity contribution in [3.8, 4) is 0 Å². The molecule has 0 saturated carbocycles. The second-order valence-corrected chi connectivity index (χ2v) is 6.27. The minimum absolute atomic E-state index is 0.0105. The summed E-state index contributed by atoms with van der Waals surface area (Å²) in [7, 11) is 0. The molecular formula is C16H19N3O7. The number of benzene rings is 1. The maximum atomic E-state index is 12.0. The number of carboxylic acids is 1. The van der Waals surface area contributed by atoms with Gasteiger partial charge in [0.1, 0.15) is 5.54 Å². The van der Waals surface area contributed by atoms with E-state index >= 15 is 0 Å². The van der Waals surface area contributed by atoms with Gasteiger partial charge in [0, 0.05) is 38.1 Å². The molecule has 1 aromatic carbocycles. The molecule has 2 atom stereocenters. The standard InChI is InChI=1S/C16H19N3O7/c1-10(20)17-12-6-7-16(14(21)22,18(9-12)15(23)24)8-11-2-4-13(5-3-11)19(25)26/h2-5,12H,6-9H2,1H3,(H,17,20)(H,21,22)(H,23,24)/t12-,16-/m1/s1. The molecule has 26 heavy (non-hydrogen) atoms. The fourth-order valence-corrected chi connectivity index (χ4v) is 3.26. The number of hydrogen-bond donors (Lipinski definition) is 3.